The van der Waals surface area contributed by atoms with Crippen LogP contribution >= 0.6 is 23.4 Å². The molecule has 0 spiro atoms. The summed E-state index contributed by atoms with van der Waals surface area (Å²) in [6, 6.07) is 7.22. The fourth-order valence-corrected chi connectivity index (χ4v) is 3.57. The van der Waals surface area contributed by atoms with E-state index in [9.17, 15) is 4.79 Å². The minimum absolute atomic E-state index is 0.0241. The molecule has 0 saturated carbocycles. The van der Waals surface area contributed by atoms with Gasteiger partial charge in [0.25, 0.3) is 5.56 Å². The minimum atomic E-state index is -0.297. The first-order chi connectivity index (χ1) is 11.1. The average molecular weight is 350 g/mol. The van der Waals surface area contributed by atoms with Gasteiger partial charge in [0.1, 0.15) is 0 Å². The van der Waals surface area contributed by atoms with Crippen LogP contribution in [-0.2, 0) is 11.3 Å². The van der Waals surface area contributed by atoms with Crippen molar-refractivity contribution in [2.24, 2.45) is 0 Å². The van der Waals surface area contributed by atoms with Gasteiger partial charge in [-0.2, -0.15) is 5.26 Å². The van der Waals surface area contributed by atoms with Gasteiger partial charge in [-0.15, -0.1) is 0 Å². The molecule has 1 fully saturated rings. The fourth-order valence-electron chi connectivity index (χ4n) is 2.60. The van der Waals surface area contributed by atoms with Crippen LogP contribution in [0.3, 0.4) is 0 Å². The summed E-state index contributed by atoms with van der Waals surface area (Å²) in [5, 5.41) is 10.4. The predicted molar refractivity (Wildman–Crippen MR) is 90.9 cm³/mol. The summed E-state index contributed by atoms with van der Waals surface area (Å²) in [4.78, 5) is 17.4. The standard InChI is InChI=1S/C16H16ClN3O2S/c1-10(8-18)23-16-19-14-7-11(17)4-5-13(14)15(21)20(16)9-12-3-2-6-22-12/h4-5,7,10,12H,2-3,6,9H2,1H3/t10-,12-/m1/s1. The molecule has 1 aliphatic rings. The smallest absolute Gasteiger partial charge is 0.262 e. The monoisotopic (exact) mass is 349 g/mol. The average Bonchev–Trinajstić information content (AvgIpc) is 3.03. The number of rotatable bonds is 4. The third-order valence-electron chi connectivity index (χ3n) is 3.76. The highest BCUT2D eigenvalue weighted by Gasteiger charge is 2.21. The van der Waals surface area contributed by atoms with E-state index in [0.717, 1.165) is 19.4 Å². The first-order valence-electron chi connectivity index (χ1n) is 7.46. The zero-order valence-corrected chi connectivity index (χ0v) is 14.2. The number of halogens is 1. The summed E-state index contributed by atoms with van der Waals surface area (Å²) in [5.74, 6) is 0. The van der Waals surface area contributed by atoms with Gasteiger partial charge in [-0.1, -0.05) is 23.4 Å². The SMILES string of the molecule is C[C@H](C#N)Sc1nc2cc(Cl)ccc2c(=O)n1C[C@H]1CCCO1. The lowest BCUT2D eigenvalue weighted by molar-refractivity contribution is 0.0937. The third kappa shape index (κ3) is 3.52. The Morgan fingerprint density at radius 1 is 1.61 bits per heavy atom. The summed E-state index contributed by atoms with van der Waals surface area (Å²) in [6.45, 7) is 2.98. The molecule has 0 aliphatic carbocycles. The Hall–Kier alpha value is -1.55. The second kappa shape index (κ2) is 6.91. The maximum Gasteiger partial charge on any atom is 0.262 e. The van der Waals surface area contributed by atoms with Crippen molar-refractivity contribution in [2.75, 3.05) is 6.61 Å². The predicted octanol–water partition coefficient (Wildman–Crippen LogP) is 3.23. The molecule has 1 saturated heterocycles. The van der Waals surface area contributed by atoms with E-state index < -0.39 is 0 Å². The molecule has 2 aromatic rings. The molecule has 120 valence electrons. The molecule has 23 heavy (non-hydrogen) atoms. The maximum atomic E-state index is 12.8. The number of hydrogen-bond donors (Lipinski definition) is 0. The van der Waals surface area contributed by atoms with E-state index in [4.69, 9.17) is 21.6 Å². The summed E-state index contributed by atoms with van der Waals surface area (Å²) in [6.07, 6.45) is 1.96. The molecule has 0 amide bonds. The number of fused-ring (bicyclic) bond motifs is 1. The van der Waals surface area contributed by atoms with Crippen molar-refractivity contribution in [3.05, 3.63) is 33.6 Å². The topological polar surface area (TPSA) is 67.9 Å². The molecule has 0 bridgehead atoms. The molecule has 2 heterocycles. The molecule has 0 radical (unpaired) electrons. The summed E-state index contributed by atoms with van der Waals surface area (Å²) < 4.78 is 7.28. The highest BCUT2D eigenvalue weighted by atomic mass is 35.5. The summed E-state index contributed by atoms with van der Waals surface area (Å²) in [5.41, 5.74) is 0.438. The highest BCUT2D eigenvalue weighted by Crippen LogP contribution is 2.25. The lowest BCUT2D eigenvalue weighted by Crippen LogP contribution is -2.29. The number of nitriles is 1. The van der Waals surface area contributed by atoms with Crippen LogP contribution in [0.15, 0.2) is 28.2 Å². The molecule has 0 N–H and O–H groups in total. The van der Waals surface area contributed by atoms with Crippen LogP contribution in [0, 0.1) is 11.3 Å². The first kappa shape index (κ1) is 16.3. The highest BCUT2D eigenvalue weighted by molar-refractivity contribution is 8.00. The minimum Gasteiger partial charge on any atom is -0.376 e. The van der Waals surface area contributed by atoms with Crippen LogP contribution in [0.25, 0.3) is 10.9 Å². The Morgan fingerprint density at radius 3 is 3.13 bits per heavy atom. The molecule has 1 aliphatic heterocycles. The molecule has 3 rings (SSSR count). The summed E-state index contributed by atoms with van der Waals surface area (Å²) in [7, 11) is 0. The number of benzene rings is 1. The maximum absolute atomic E-state index is 12.8. The van der Waals surface area contributed by atoms with E-state index in [1.54, 1.807) is 29.7 Å². The Kier molecular flexibility index (Phi) is 4.90. The molecular formula is C16H16ClN3O2S. The fraction of sp³-hybridized carbons (Fsp3) is 0.438. The van der Waals surface area contributed by atoms with E-state index in [-0.39, 0.29) is 16.9 Å². The van der Waals surface area contributed by atoms with Crippen LogP contribution in [0.2, 0.25) is 5.02 Å². The van der Waals surface area contributed by atoms with Gasteiger partial charge in [0, 0.05) is 11.6 Å². The zero-order chi connectivity index (χ0) is 16.4. The van der Waals surface area contributed by atoms with E-state index in [2.05, 4.69) is 11.1 Å². The van der Waals surface area contributed by atoms with Gasteiger partial charge in [-0.3, -0.25) is 9.36 Å². The molecule has 2 atom stereocenters. The van der Waals surface area contributed by atoms with Crippen molar-refractivity contribution in [2.45, 2.75) is 42.8 Å². The largest absolute Gasteiger partial charge is 0.376 e. The van der Waals surface area contributed by atoms with Crippen molar-refractivity contribution in [1.82, 2.24) is 9.55 Å². The lowest BCUT2D eigenvalue weighted by atomic mass is 10.2. The van der Waals surface area contributed by atoms with Crippen molar-refractivity contribution < 1.29 is 4.74 Å². The van der Waals surface area contributed by atoms with Crippen LogP contribution in [0.1, 0.15) is 19.8 Å². The van der Waals surface area contributed by atoms with E-state index >= 15 is 0 Å². The number of hydrogen-bond acceptors (Lipinski definition) is 5. The van der Waals surface area contributed by atoms with E-state index in [0.29, 0.717) is 27.6 Å². The Balaban J connectivity index is 2.10. The third-order valence-corrected chi connectivity index (χ3v) is 4.97. The molecule has 7 heteroatoms. The van der Waals surface area contributed by atoms with Crippen LogP contribution < -0.4 is 5.56 Å². The van der Waals surface area contributed by atoms with Gasteiger partial charge in [-0.05, 0) is 38.0 Å². The van der Waals surface area contributed by atoms with E-state index in [1.165, 1.54) is 11.8 Å². The van der Waals surface area contributed by atoms with Crippen LogP contribution in [-0.4, -0.2) is 27.5 Å². The number of aromatic nitrogens is 2. The van der Waals surface area contributed by atoms with E-state index in [1.807, 2.05) is 0 Å². The van der Waals surface area contributed by atoms with Crippen molar-refractivity contribution in [3.8, 4) is 6.07 Å². The van der Waals surface area contributed by atoms with Gasteiger partial charge in [0.15, 0.2) is 5.16 Å². The number of ether oxygens (including phenoxy) is 1. The van der Waals surface area contributed by atoms with Crippen molar-refractivity contribution in [3.63, 3.8) is 0 Å². The zero-order valence-electron chi connectivity index (χ0n) is 12.7. The molecule has 5 nitrogen and oxygen atoms in total. The Labute approximate surface area is 143 Å². The number of nitrogens with zero attached hydrogens (tertiary/aromatic N) is 3. The van der Waals surface area contributed by atoms with Gasteiger partial charge >= 0.3 is 0 Å². The van der Waals surface area contributed by atoms with Crippen LogP contribution in [0.4, 0.5) is 0 Å². The second-order valence-corrected chi connectivity index (χ2v) is 7.24. The molecular weight excluding hydrogens is 334 g/mol. The molecule has 1 aromatic heterocycles. The van der Waals surface area contributed by atoms with Crippen LogP contribution in [0.5, 0.6) is 0 Å². The Bertz CT molecular complexity index is 824. The van der Waals surface area contributed by atoms with Gasteiger partial charge in [0.2, 0.25) is 0 Å². The van der Waals surface area contributed by atoms with Gasteiger partial charge in [-0.25, -0.2) is 4.98 Å². The molecule has 1 aromatic carbocycles. The first-order valence-corrected chi connectivity index (χ1v) is 8.72. The lowest BCUT2D eigenvalue weighted by Gasteiger charge is -2.17. The molecule has 0 unspecified atom stereocenters. The summed E-state index contributed by atoms with van der Waals surface area (Å²) >= 11 is 7.29. The Morgan fingerprint density at radius 2 is 2.43 bits per heavy atom. The quantitative estimate of drug-likeness (QED) is 0.626. The van der Waals surface area contributed by atoms with Crippen molar-refractivity contribution >= 4 is 34.3 Å². The van der Waals surface area contributed by atoms with Gasteiger partial charge in [0.05, 0.1) is 34.9 Å². The van der Waals surface area contributed by atoms with Crippen molar-refractivity contribution in [1.29, 1.82) is 5.26 Å². The van der Waals surface area contributed by atoms with Gasteiger partial charge < -0.3 is 4.74 Å². The number of thioether (sulfide) groups is 1. The normalized spacial score (nSPS) is 18.9. The second-order valence-electron chi connectivity index (χ2n) is 5.50.